The molecule has 1 aliphatic carbocycles. The summed E-state index contributed by atoms with van der Waals surface area (Å²) in [5.74, 6) is -0.560. The van der Waals surface area contributed by atoms with Gasteiger partial charge < -0.3 is 20.1 Å². The first-order chi connectivity index (χ1) is 15.9. The zero-order valence-electron chi connectivity index (χ0n) is 17.9. The number of primary amides is 1. The Kier molecular flexibility index (Phi) is 4.70. The normalized spacial score (nSPS) is 24.4. The first-order valence-electron chi connectivity index (χ1n) is 11.3. The van der Waals surface area contributed by atoms with Crippen molar-refractivity contribution in [2.45, 2.75) is 56.4 Å². The number of benzene rings is 1. The molecule has 2 aromatic heterocycles. The van der Waals surface area contributed by atoms with E-state index in [1.54, 1.807) is 23.0 Å². The van der Waals surface area contributed by atoms with Crippen molar-refractivity contribution in [1.29, 1.82) is 0 Å². The van der Waals surface area contributed by atoms with E-state index < -0.39 is 17.8 Å². The van der Waals surface area contributed by atoms with E-state index >= 15 is 0 Å². The molecule has 5 heterocycles. The predicted octanol–water partition coefficient (Wildman–Crippen LogP) is 1.99. The van der Waals surface area contributed by atoms with Crippen LogP contribution in [0.4, 0.5) is 4.39 Å². The molecule has 10 heteroatoms. The molecule has 3 N–H and O–H groups in total. The number of aromatic nitrogens is 4. The number of carbonyl (C=O) groups is 1. The smallest absolute Gasteiger partial charge is 0.269 e. The summed E-state index contributed by atoms with van der Waals surface area (Å²) in [6.45, 7) is 0.632. The van der Waals surface area contributed by atoms with Crippen molar-refractivity contribution in [2.24, 2.45) is 5.73 Å². The number of aliphatic hydroxyl groups excluding tert-OH is 1. The van der Waals surface area contributed by atoms with Crippen molar-refractivity contribution in [2.75, 3.05) is 6.61 Å². The Morgan fingerprint density at radius 2 is 2.15 bits per heavy atom. The van der Waals surface area contributed by atoms with E-state index in [1.165, 1.54) is 6.07 Å². The van der Waals surface area contributed by atoms with Crippen LogP contribution in [-0.4, -0.2) is 44.8 Å². The first kappa shape index (κ1) is 20.6. The van der Waals surface area contributed by atoms with Gasteiger partial charge >= 0.3 is 0 Å². The number of hydrogen-bond donors (Lipinski definition) is 2. The van der Waals surface area contributed by atoms with Gasteiger partial charge in [-0.1, -0.05) is 11.5 Å². The lowest BCUT2D eigenvalue weighted by atomic mass is 9.74. The summed E-state index contributed by atoms with van der Waals surface area (Å²) in [6.07, 6.45) is 4.43. The van der Waals surface area contributed by atoms with E-state index in [0.29, 0.717) is 29.4 Å². The van der Waals surface area contributed by atoms with Gasteiger partial charge in [-0.05, 0) is 55.7 Å². The van der Waals surface area contributed by atoms with Gasteiger partial charge in [0.1, 0.15) is 25.6 Å². The summed E-state index contributed by atoms with van der Waals surface area (Å²) >= 11 is 0. The molecule has 1 saturated carbocycles. The largest absolute Gasteiger partial charge is 0.380 e. The molecule has 2 bridgehead atoms. The van der Waals surface area contributed by atoms with E-state index in [-0.39, 0.29) is 29.3 Å². The molecule has 4 aliphatic rings. The van der Waals surface area contributed by atoms with Gasteiger partial charge in [-0.2, -0.15) is 5.10 Å². The Hall–Kier alpha value is -2.98. The molecular formula is C23H23BFN5O3. The number of halogens is 1. The molecule has 7 rings (SSSR count). The zero-order valence-corrected chi connectivity index (χ0v) is 17.9. The summed E-state index contributed by atoms with van der Waals surface area (Å²) in [7, 11) is 5.88. The summed E-state index contributed by atoms with van der Waals surface area (Å²) in [5, 5.41) is 16.0. The average molecular weight is 447 g/mol. The standard InChI is InChI=1S/C23H23BFN5O3/c24-15-9-14-13(10-16(15)25)11-7-12(8-11)29-20(19(22(26)32)28-23(14)29)21(31)17-4-5-27-30(17)18-3-1-2-6-33-18/h4-5,9-12,18,21,31H,1-3,6-8H2,(H2,26,32). The molecule has 3 aliphatic heterocycles. The van der Waals surface area contributed by atoms with Crippen LogP contribution >= 0.6 is 0 Å². The summed E-state index contributed by atoms with van der Waals surface area (Å²) in [5.41, 5.74) is 8.04. The van der Waals surface area contributed by atoms with Crippen LogP contribution in [-0.2, 0) is 4.74 Å². The van der Waals surface area contributed by atoms with E-state index in [0.717, 1.165) is 37.7 Å². The number of rotatable bonds is 4. The van der Waals surface area contributed by atoms with Gasteiger partial charge in [-0.25, -0.2) is 14.1 Å². The summed E-state index contributed by atoms with van der Waals surface area (Å²) in [4.78, 5) is 17.0. The van der Waals surface area contributed by atoms with Gasteiger partial charge in [0.15, 0.2) is 11.9 Å². The van der Waals surface area contributed by atoms with Crippen molar-refractivity contribution in [3.8, 4) is 11.4 Å². The van der Waals surface area contributed by atoms with Crippen LogP contribution in [0.3, 0.4) is 0 Å². The minimum Gasteiger partial charge on any atom is -0.380 e. The Bertz CT molecular complexity index is 1260. The third kappa shape index (κ3) is 3.08. The van der Waals surface area contributed by atoms with Gasteiger partial charge in [-0.15, -0.1) is 0 Å². The molecule has 8 nitrogen and oxygen atoms in total. The number of amides is 1. The molecule has 33 heavy (non-hydrogen) atoms. The van der Waals surface area contributed by atoms with Gasteiger partial charge in [0.05, 0.1) is 11.4 Å². The fourth-order valence-corrected chi connectivity index (χ4v) is 5.48. The number of carbonyl (C=O) groups excluding carboxylic acids is 1. The fraction of sp³-hybridized carbons (Fsp3) is 0.435. The molecule has 2 unspecified atom stereocenters. The van der Waals surface area contributed by atoms with E-state index in [9.17, 15) is 14.3 Å². The number of ether oxygens (including phenoxy) is 1. The van der Waals surface area contributed by atoms with Crippen LogP contribution in [0.2, 0.25) is 0 Å². The third-order valence-electron chi connectivity index (χ3n) is 7.18. The van der Waals surface area contributed by atoms with Crippen molar-refractivity contribution in [1.82, 2.24) is 19.3 Å². The quantitative estimate of drug-likeness (QED) is 0.595. The molecule has 1 amide bonds. The highest BCUT2D eigenvalue weighted by Gasteiger charge is 2.43. The highest BCUT2D eigenvalue weighted by atomic mass is 19.1. The third-order valence-corrected chi connectivity index (χ3v) is 7.18. The number of aliphatic hydroxyl groups is 1. The molecule has 2 fully saturated rings. The summed E-state index contributed by atoms with van der Waals surface area (Å²) < 4.78 is 23.7. The molecule has 2 radical (unpaired) electrons. The maximum absolute atomic E-state index is 14.3. The van der Waals surface area contributed by atoms with Crippen LogP contribution in [0.1, 0.15) is 83.8 Å². The molecular weight excluding hydrogens is 424 g/mol. The topological polar surface area (TPSA) is 108 Å². The van der Waals surface area contributed by atoms with Crippen molar-refractivity contribution in [3.63, 3.8) is 0 Å². The van der Waals surface area contributed by atoms with Gasteiger partial charge in [-0.3, -0.25) is 4.79 Å². The second-order valence-electron chi connectivity index (χ2n) is 9.11. The summed E-state index contributed by atoms with van der Waals surface area (Å²) in [6, 6.07) is 4.75. The van der Waals surface area contributed by atoms with Crippen LogP contribution in [0.25, 0.3) is 11.4 Å². The Morgan fingerprint density at radius 3 is 2.88 bits per heavy atom. The maximum Gasteiger partial charge on any atom is 0.269 e. The number of nitrogens with two attached hydrogens (primary N) is 1. The number of imidazole rings is 1. The van der Waals surface area contributed by atoms with Crippen molar-refractivity contribution < 1.29 is 19.0 Å². The fourth-order valence-electron chi connectivity index (χ4n) is 5.48. The molecule has 168 valence electrons. The SMILES string of the molecule is [B]c1cc2c(cc1F)C1CC(C1)n1c-2nc(C(N)=O)c1C(O)c1ccnn1C1CCCCO1. The van der Waals surface area contributed by atoms with Gasteiger partial charge in [0.25, 0.3) is 5.91 Å². The number of nitrogens with zero attached hydrogens (tertiary/aromatic N) is 4. The van der Waals surface area contributed by atoms with E-state index in [1.807, 2.05) is 4.57 Å². The Labute approximate surface area is 191 Å². The van der Waals surface area contributed by atoms with Crippen LogP contribution < -0.4 is 11.2 Å². The maximum atomic E-state index is 14.3. The lowest BCUT2D eigenvalue weighted by molar-refractivity contribution is -0.0438. The van der Waals surface area contributed by atoms with Crippen molar-refractivity contribution in [3.05, 3.63) is 52.9 Å². The Balaban J connectivity index is 1.52. The van der Waals surface area contributed by atoms with Crippen LogP contribution in [0.15, 0.2) is 24.4 Å². The van der Waals surface area contributed by atoms with Gasteiger partial charge in [0.2, 0.25) is 0 Å². The lowest BCUT2D eigenvalue weighted by Crippen LogP contribution is -2.28. The van der Waals surface area contributed by atoms with E-state index in [2.05, 4.69) is 10.1 Å². The van der Waals surface area contributed by atoms with Crippen LogP contribution in [0, 0.1) is 5.82 Å². The Morgan fingerprint density at radius 1 is 1.33 bits per heavy atom. The molecule has 1 saturated heterocycles. The predicted molar refractivity (Wildman–Crippen MR) is 118 cm³/mol. The molecule has 1 aromatic carbocycles. The molecule has 2 atom stereocenters. The monoisotopic (exact) mass is 447 g/mol. The second-order valence-corrected chi connectivity index (χ2v) is 9.11. The average Bonchev–Trinajstić information content (AvgIpc) is 3.36. The minimum absolute atomic E-state index is 0.00555. The highest BCUT2D eigenvalue weighted by molar-refractivity contribution is 6.32. The van der Waals surface area contributed by atoms with Gasteiger partial charge in [0, 0.05) is 24.4 Å². The highest BCUT2D eigenvalue weighted by Crippen LogP contribution is 2.53. The molecule has 3 aromatic rings. The van der Waals surface area contributed by atoms with Crippen molar-refractivity contribution >= 4 is 19.2 Å². The zero-order chi connectivity index (χ0) is 22.9. The minimum atomic E-state index is -1.19. The van der Waals surface area contributed by atoms with E-state index in [4.69, 9.17) is 18.3 Å². The number of hydrogen-bond acceptors (Lipinski definition) is 5. The van der Waals surface area contributed by atoms with Crippen LogP contribution in [0.5, 0.6) is 0 Å². The lowest BCUT2D eigenvalue weighted by Gasteiger charge is -2.36. The first-order valence-corrected chi connectivity index (χ1v) is 11.3. The second kappa shape index (κ2) is 7.53. The molecule has 0 spiro atoms.